The Kier molecular flexibility index (Phi) is 3.11. The number of hydrogen-bond donors (Lipinski definition) is 0. The molecular formula is C9H11ClN2. The zero-order valence-corrected chi connectivity index (χ0v) is 7.92. The number of hydrogen-bond acceptors (Lipinski definition) is 2. The van der Waals surface area contributed by atoms with E-state index in [1.807, 2.05) is 38.4 Å². The van der Waals surface area contributed by atoms with Crippen LogP contribution in [0.4, 0.5) is 0 Å². The first-order chi connectivity index (χ1) is 5.70. The van der Waals surface area contributed by atoms with Gasteiger partial charge >= 0.3 is 0 Å². The summed E-state index contributed by atoms with van der Waals surface area (Å²) in [4.78, 5) is 0. The Balaban J connectivity index is 2.82. The summed E-state index contributed by atoms with van der Waals surface area (Å²) in [5.41, 5.74) is 0.938. The average molecular weight is 183 g/mol. The van der Waals surface area contributed by atoms with Crippen molar-refractivity contribution in [3.8, 4) is 0 Å². The normalized spacial score (nSPS) is 10.6. The van der Waals surface area contributed by atoms with Crippen LogP contribution >= 0.6 is 11.6 Å². The van der Waals surface area contributed by atoms with Crippen molar-refractivity contribution in [2.24, 2.45) is 5.10 Å². The molecule has 3 heteroatoms. The molecular weight excluding hydrogens is 172 g/mol. The summed E-state index contributed by atoms with van der Waals surface area (Å²) in [7, 11) is 3.74. The lowest BCUT2D eigenvalue weighted by atomic mass is 10.2. The monoisotopic (exact) mass is 182 g/mol. The van der Waals surface area contributed by atoms with Gasteiger partial charge < -0.3 is 5.01 Å². The maximum absolute atomic E-state index is 5.90. The molecule has 0 atom stereocenters. The summed E-state index contributed by atoms with van der Waals surface area (Å²) >= 11 is 5.90. The van der Waals surface area contributed by atoms with E-state index in [9.17, 15) is 0 Å². The molecule has 0 bridgehead atoms. The molecule has 0 aliphatic carbocycles. The molecule has 0 aliphatic heterocycles. The van der Waals surface area contributed by atoms with Crippen LogP contribution in [0.1, 0.15) is 5.56 Å². The molecule has 0 unspecified atom stereocenters. The van der Waals surface area contributed by atoms with Gasteiger partial charge in [0.25, 0.3) is 0 Å². The third kappa shape index (κ3) is 2.55. The molecule has 0 heterocycles. The summed E-state index contributed by atoms with van der Waals surface area (Å²) in [6, 6.07) is 7.60. The molecule has 2 nitrogen and oxygen atoms in total. The Morgan fingerprint density at radius 1 is 1.33 bits per heavy atom. The van der Waals surface area contributed by atoms with Gasteiger partial charge in [0.2, 0.25) is 0 Å². The van der Waals surface area contributed by atoms with Crippen LogP contribution in [-0.4, -0.2) is 25.3 Å². The van der Waals surface area contributed by atoms with E-state index in [0.717, 1.165) is 10.6 Å². The minimum absolute atomic E-state index is 0.725. The summed E-state index contributed by atoms with van der Waals surface area (Å²) in [5, 5.41) is 6.53. The van der Waals surface area contributed by atoms with E-state index in [2.05, 4.69) is 5.10 Å². The second kappa shape index (κ2) is 4.12. The van der Waals surface area contributed by atoms with Crippen molar-refractivity contribution in [1.29, 1.82) is 0 Å². The minimum atomic E-state index is 0.725. The van der Waals surface area contributed by atoms with E-state index in [4.69, 9.17) is 11.6 Å². The SMILES string of the molecule is CN(C)N=Cc1ccccc1Cl. The number of hydrazone groups is 1. The van der Waals surface area contributed by atoms with Crippen LogP contribution in [-0.2, 0) is 0 Å². The molecule has 0 radical (unpaired) electrons. The average Bonchev–Trinajstić information content (AvgIpc) is 2.03. The number of benzene rings is 1. The topological polar surface area (TPSA) is 15.6 Å². The van der Waals surface area contributed by atoms with Crippen LogP contribution in [0.15, 0.2) is 29.4 Å². The number of halogens is 1. The highest BCUT2D eigenvalue weighted by Gasteiger charge is 1.93. The fraction of sp³-hybridized carbons (Fsp3) is 0.222. The molecule has 1 aromatic carbocycles. The van der Waals surface area contributed by atoms with Gasteiger partial charge in [0.1, 0.15) is 0 Å². The second-order valence-corrected chi connectivity index (χ2v) is 3.02. The molecule has 0 amide bonds. The maximum atomic E-state index is 5.90. The van der Waals surface area contributed by atoms with E-state index in [-0.39, 0.29) is 0 Å². The first kappa shape index (κ1) is 9.07. The molecule has 0 saturated heterocycles. The van der Waals surface area contributed by atoms with Gasteiger partial charge in [0.15, 0.2) is 0 Å². The fourth-order valence-electron chi connectivity index (χ4n) is 0.757. The van der Waals surface area contributed by atoms with Gasteiger partial charge in [-0.15, -0.1) is 0 Å². The molecule has 0 saturated carbocycles. The third-order valence-electron chi connectivity index (χ3n) is 1.33. The predicted octanol–water partition coefficient (Wildman–Crippen LogP) is 2.24. The van der Waals surface area contributed by atoms with Gasteiger partial charge in [0.05, 0.1) is 6.21 Å². The van der Waals surface area contributed by atoms with Gasteiger partial charge in [-0.1, -0.05) is 29.8 Å². The highest BCUT2D eigenvalue weighted by Crippen LogP contribution is 2.12. The number of nitrogens with zero attached hydrogens (tertiary/aromatic N) is 2. The van der Waals surface area contributed by atoms with Gasteiger partial charge in [-0.3, -0.25) is 0 Å². The molecule has 0 N–H and O–H groups in total. The molecule has 0 aliphatic rings. The fourth-order valence-corrected chi connectivity index (χ4v) is 0.942. The van der Waals surface area contributed by atoms with Crippen LogP contribution in [0.2, 0.25) is 5.02 Å². The van der Waals surface area contributed by atoms with Crippen molar-refractivity contribution in [2.75, 3.05) is 14.1 Å². The smallest absolute Gasteiger partial charge is 0.0557 e. The standard InChI is InChI=1S/C9H11ClN2/c1-12(2)11-7-8-5-3-4-6-9(8)10/h3-7H,1-2H3. The lowest BCUT2D eigenvalue weighted by Crippen LogP contribution is -2.01. The molecule has 1 aromatic rings. The lowest BCUT2D eigenvalue weighted by molar-refractivity contribution is 0.440. The zero-order valence-electron chi connectivity index (χ0n) is 7.16. The minimum Gasteiger partial charge on any atom is -0.303 e. The van der Waals surface area contributed by atoms with Crippen LogP contribution < -0.4 is 0 Å². The lowest BCUT2D eigenvalue weighted by Gasteiger charge is -2.02. The Labute approximate surface area is 77.5 Å². The van der Waals surface area contributed by atoms with Crippen molar-refractivity contribution in [1.82, 2.24) is 5.01 Å². The van der Waals surface area contributed by atoms with Crippen LogP contribution in [0.5, 0.6) is 0 Å². The Morgan fingerprint density at radius 3 is 2.58 bits per heavy atom. The zero-order chi connectivity index (χ0) is 8.97. The van der Waals surface area contributed by atoms with E-state index in [1.165, 1.54) is 0 Å². The Hall–Kier alpha value is -1.02. The van der Waals surface area contributed by atoms with E-state index in [0.29, 0.717) is 0 Å². The Bertz CT molecular complexity index is 282. The van der Waals surface area contributed by atoms with Crippen molar-refractivity contribution in [3.63, 3.8) is 0 Å². The summed E-state index contributed by atoms with van der Waals surface area (Å²) in [6.45, 7) is 0. The molecule has 12 heavy (non-hydrogen) atoms. The van der Waals surface area contributed by atoms with Gasteiger partial charge in [-0.25, -0.2) is 0 Å². The van der Waals surface area contributed by atoms with Crippen LogP contribution in [0, 0.1) is 0 Å². The van der Waals surface area contributed by atoms with Gasteiger partial charge in [0, 0.05) is 24.7 Å². The largest absolute Gasteiger partial charge is 0.303 e. The molecule has 0 aromatic heterocycles. The Morgan fingerprint density at radius 2 is 2.00 bits per heavy atom. The van der Waals surface area contributed by atoms with Gasteiger partial charge in [-0.2, -0.15) is 5.10 Å². The van der Waals surface area contributed by atoms with E-state index >= 15 is 0 Å². The van der Waals surface area contributed by atoms with Crippen LogP contribution in [0.3, 0.4) is 0 Å². The summed E-state index contributed by atoms with van der Waals surface area (Å²) in [5.74, 6) is 0. The highest BCUT2D eigenvalue weighted by atomic mass is 35.5. The molecule has 0 spiro atoms. The maximum Gasteiger partial charge on any atom is 0.0557 e. The van der Waals surface area contributed by atoms with E-state index < -0.39 is 0 Å². The summed E-state index contributed by atoms with van der Waals surface area (Å²) in [6.07, 6.45) is 1.74. The number of rotatable bonds is 2. The predicted molar refractivity (Wildman–Crippen MR) is 52.7 cm³/mol. The van der Waals surface area contributed by atoms with Crippen LogP contribution in [0.25, 0.3) is 0 Å². The molecule has 1 rings (SSSR count). The second-order valence-electron chi connectivity index (χ2n) is 2.61. The highest BCUT2D eigenvalue weighted by molar-refractivity contribution is 6.33. The van der Waals surface area contributed by atoms with Crippen molar-refractivity contribution in [2.45, 2.75) is 0 Å². The first-order valence-electron chi connectivity index (χ1n) is 3.66. The first-order valence-corrected chi connectivity index (χ1v) is 4.04. The molecule has 64 valence electrons. The quantitative estimate of drug-likeness (QED) is 0.506. The summed E-state index contributed by atoms with van der Waals surface area (Å²) < 4.78 is 0. The van der Waals surface area contributed by atoms with Crippen molar-refractivity contribution >= 4 is 17.8 Å². The van der Waals surface area contributed by atoms with E-state index in [1.54, 1.807) is 11.2 Å². The molecule has 0 fully saturated rings. The van der Waals surface area contributed by atoms with Gasteiger partial charge in [-0.05, 0) is 6.07 Å². The van der Waals surface area contributed by atoms with Crippen molar-refractivity contribution < 1.29 is 0 Å². The third-order valence-corrected chi connectivity index (χ3v) is 1.68. The van der Waals surface area contributed by atoms with Crippen molar-refractivity contribution in [3.05, 3.63) is 34.9 Å².